The van der Waals surface area contributed by atoms with Gasteiger partial charge >= 0.3 is 0 Å². The summed E-state index contributed by atoms with van der Waals surface area (Å²) in [5, 5.41) is 0. The largest absolute Gasteiger partial charge is 0.324 e. The average molecular weight is 155 g/mol. The van der Waals surface area contributed by atoms with Gasteiger partial charge in [-0.25, -0.2) is 4.39 Å². The van der Waals surface area contributed by atoms with Crippen LogP contribution in [0.1, 0.15) is 13.8 Å². The molecule has 0 saturated heterocycles. The molecule has 1 atom stereocenters. The molecular formula is C9H14FN. The van der Waals surface area contributed by atoms with E-state index in [-0.39, 0.29) is 11.9 Å². The maximum atomic E-state index is 12.2. The highest BCUT2D eigenvalue weighted by Crippen LogP contribution is 2.02. The minimum absolute atomic E-state index is 0.0944. The average Bonchev–Trinajstić information content (AvgIpc) is 1.87. The predicted molar refractivity (Wildman–Crippen MR) is 46.8 cm³/mol. The molecule has 0 aromatic heterocycles. The van der Waals surface area contributed by atoms with Gasteiger partial charge < -0.3 is 5.73 Å². The fourth-order valence-electron chi connectivity index (χ4n) is 0.617. The Morgan fingerprint density at radius 1 is 1.55 bits per heavy atom. The minimum Gasteiger partial charge on any atom is -0.324 e. The van der Waals surface area contributed by atoms with E-state index in [4.69, 9.17) is 5.73 Å². The lowest BCUT2D eigenvalue weighted by molar-refractivity contribution is 0.640. The maximum absolute atomic E-state index is 12.2. The number of hydrogen-bond donors (Lipinski definition) is 1. The van der Waals surface area contributed by atoms with Gasteiger partial charge in [-0.2, -0.15) is 0 Å². The van der Waals surface area contributed by atoms with Crippen LogP contribution in [-0.4, -0.2) is 6.04 Å². The molecule has 2 N–H and O–H groups in total. The van der Waals surface area contributed by atoms with Crippen LogP contribution < -0.4 is 5.73 Å². The molecule has 1 nitrogen and oxygen atoms in total. The topological polar surface area (TPSA) is 26.0 Å². The molecule has 0 aliphatic heterocycles. The number of halogens is 1. The lowest BCUT2D eigenvalue weighted by Crippen LogP contribution is -2.16. The van der Waals surface area contributed by atoms with E-state index in [2.05, 4.69) is 6.58 Å². The van der Waals surface area contributed by atoms with Crippen molar-refractivity contribution >= 4 is 0 Å². The monoisotopic (exact) mass is 155 g/mol. The van der Waals surface area contributed by atoms with E-state index in [1.807, 2.05) is 6.92 Å². The second kappa shape index (κ2) is 4.85. The summed E-state index contributed by atoms with van der Waals surface area (Å²) in [5.41, 5.74) is 6.38. The van der Waals surface area contributed by atoms with E-state index in [0.717, 1.165) is 5.57 Å². The molecule has 0 spiro atoms. The summed E-state index contributed by atoms with van der Waals surface area (Å²) in [4.78, 5) is 0. The summed E-state index contributed by atoms with van der Waals surface area (Å²) in [6.07, 6.45) is 4.64. The van der Waals surface area contributed by atoms with E-state index < -0.39 is 0 Å². The third-order valence-electron chi connectivity index (χ3n) is 1.27. The maximum Gasteiger partial charge on any atom is 0.0968 e. The number of rotatable bonds is 3. The van der Waals surface area contributed by atoms with Crippen LogP contribution in [0.15, 0.2) is 36.2 Å². The summed E-state index contributed by atoms with van der Waals surface area (Å²) >= 11 is 0. The van der Waals surface area contributed by atoms with Gasteiger partial charge in [0.15, 0.2) is 0 Å². The molecule has 2 heteroatoms. The molecule has 0 fully saturated rings. The first-order valence-corrected chi connectivity index (χ1v) is 3.50. The third-order valence-corrected chi connectivity index (χ3v) is 1.27. The zero-order valence-electron chi connectivity index (χ0n) is 6.97. The minimum atomic E-state index is -0.231. The van der Waals surface area contributed by atoms with Crippen LogP contribution in [0.5, 0.6) is 0 Å². The predicted octanol–water partition coefficient (Wildman–Crippen LogP) is 2.32. The van der Waals surface area contributed by atoms with Gasteiger partial charge in [0.2, 0.25) is 0 Å². The summed E-state index contributed by atoms with van der Waals surface area (Å²) in [6, 6.07) is -0.0944. The van der Waals surface area contributed by atoms with Crippen molar-refractivity contribution in [3.05, 3.63) is 36.2 Å². The molecule has 0 radical (unpaired) electrons. The smallest absolute Gasteiger partial charge is 0.0968 e. The number of nitrogens with two attached hydrogens (primary N) is 1. The molecular weight excluding hydrogens is 141 g/mol. The van der Waals surface area contributed by atoms with Gasteiger partial charge in [-0.15, -0.1) is 0 Å². The molecule has 11 heavy (non-hydrogen) atoms. The molecule has 0 bridgehead atoms. The van der Waals surface area contributed by atoms with Crippen LogP contribution >= 0.6 is 0 Å². The molecule has 0 aliphatic rings. The second-order valence-corrected chi connectivity index (χ2v) is 2.41. The third kappa shape index (κ3) is 4.51. The van der Waals surface area contributed by atoms with Crippen molar-refractivity contribution in [2.45, 2.75) is 19.9 Å². The van der Waals surface area contributed by atoms with Crippen LogP contribution in [0.3, 0.4) is 0 Å². The Morgan fingerprint density at radius 3 is 2.36 bits per heavy atom. The van der Waals surface area contributed by atoms with Crippen molar-refractivity contribution in [3.8, 4) is 0 Å². The van der Waals surface area contributed by atoms with Gasteiger partial charge in [0.25, 0.3) is 0 Å². The van der Waals surface area contributed by atoms with Crippen LogP contribution in [0.25, 0.3) is 0 Å². The van der Waals surface area contributed by atoms with E-state index in [1.165, 1.54) is 13.0 Å². The quantitative estimate of drug-likeness (QED) is 0.622. The van der Waals surface area contributed by atoms with Gasteiger partial charge in [0.1, 0.15) is 0 Å². The normalized spacial score (nSPS) is 16.4. The lowest BCUT2D eigenvalue weighted by Gasteiger charge is -2.03. The van der Waals surface area contributed by atoms with Crippen molar-refractivity contribution in [2.24, 2.45) is 5.73 Å². The van der Waals surface area contributed by atoms with Gasteiger partial charge in [-0.3, -0.25) is 0 Å². The Balaban J connectivity index is 4.36. The zero-order chi connectivity index (χ0) is 8.85. The number of hydrogen-bond acceptors (Lipinski definition) is 1. The van der Waals surface area contributed by atoms with Gasteiger partial charge in [-0.1, -0.05) is 18.7 Å². The highest BCUT2D eigenvalue weighted by Gasteiger charge is 1.95. The van der Waals surface area contributed by atoms with Crippen molar-refractivity contribution < 1.29 is 4.39 Å². The summed E-state index contributed by atoms with van der Waals surface area (Å²) in [6.45, 7) is 6.78. The van der Waals surface area contributed by atoms with E-state index in [0.29, 0.717) is 0 Å². The molecule has 0 aromatic carbocycles. The Labute approximate surface area is 67.1 Å². The fourth-order valence-corrected chi connectivity index (χ4v) is 0.617. The molecule has 0 aliphatic carbocycles. The molecule has 0 aromatic rings. The first-order chi connectivity index (χ1) is 5.07. The van der Waals surface area contributed by atoms with Crippen LogP contribution in [0.2, 0.25) is 0 Å². The van der Waals surface area contributed by atoms with Crippen molar-refractivity contribution in [1.82, 2.24) is 0 Å². The molecule has 0 heterocycles. The first-order valence-electron chi connectivity index (χ1n) is 3.50. The molecule has 0 unspecified atom stereocenters. The SMILES string of the molecule is C=C/C(=C\C=C(/C)F)[C@H](C)N. The summed E-state index contributed by atoms with van der Waals surface area (Å²) in [7, 11) is 0. The molecule has 0 saturated carbocycles. The van der Waals surface area contributed by atoms with Crippen LogP contribution in [-0.2, 0) is 0 Å². The highest BCUT2D eigenvalue weighted by molar-refractivity contribution is 5.26. The van der Waals surface area contributed by atoms with Gasteiger partial charge in [0, 0.05) is 6.04 Å². The lowest BCUT2D eigenvalue weighted by atomic mass is 10.1. The van der Waals surface area contributed by atoms with E-state index in [1.54, 1.807) is 12.2 Å². The fraction of sp³-hybridized carbons (Fsp3) is 0.333. The van der Waals surface area contributed by atoms with E-state index >= 15 is 0 Å². The Kier molecular flexibility index (Phi) is 4.46. The van der Waals surface area contributed by atoms with Crippen molar-refractivity contribution in [2.75, 3.05) is 0 Å². The number of allylic oxidation sites excluding steroid dienone is 3. The highest BCUT2D eigenvalue weighted by atomic mass is 19.1. The zero-order valence-corrected chi connectivity index (χ0v) is 6.97. The summed E-state index contributed by atoms with van der Waals surface area (Å²) in [5.74, 6) is -0.231. The Bertz CT molecular complexity index is 186. The standard InChI is InChI=1S/C9H14FN/c1-4-9(8(3)11)6-5-7(2)10/h4-6,8H,1,11H2,2-3H3/b7-5+,9-6+/t8-/m0/s1. The van der Waals surface area contributed by atoms with Crippen molar-refractivity contribution in [1.29, 1.82) is 0 Å². The second-order valence-electron chi connectivity index (χ2n) is 2.41. The molecule has 62 valence electrons. The van der Waals surface area contributed by atoms with Gasteiger partial charge in [-0.05, 0) is 25.5 Å². The summed E-state index contributed by atoms with van der Waals surface area (Å²) < 4.78 is 12.2. The van der Waals surface area contributed by atoms with E-state index in [9.17, 15) is 4.39 Å². The molecule has 0 amide bonds. The first kappa shape index (κ1) is 10.1. The van der Waals surface area contributed by atoms with Crippen LogP contribution in [0, 0.1) is 0 Å². The van der Waals surface area contributed by atoms with Crippen LogP contribution in [0.4, 0.5) is 4.39 Å². The Morgan fingerprint density at radius 2 is 2.09 bits per heavy atom. The van der Waals surface area contributed by atoms with Gasteiger partial charge in [0.05, 0.1) is 5.83 Å². The molecule has 0 rings (SSSR count). The van der Waals surface area contributed by atoms with Crippen molar-refractivity contribution in [3.63, 3.8) is 0 Å². The Hall–Kier alpha value is -0.890.